The van der Waals surface area contributed by atoms with Crippen LogP contribution in [-0.4, -0.2) is 0 Å². The number of benzene rings is 1. The van der Waals surface area contributed by atoms with Gasteiger partial charge in [-0.1, -0.05) is 59.7 Å². The van der Waals surface area contributed by atoms with Crippen LogP contribution in [0.2, 0.25) is 0 Å². The van der Waals surface area contributed by atoms with E-state index in [1.807, 2.05) is 24.4 Å². The summed E-state index contributed by atoms with van der Waals surface area (Å²) < 4.78 is 0. The first kappa shape index (κ1) is 14.8. The predicted molar refractivity (Wildman–Crippen MR) is 106 cm³/mol. The SMILES string of the molecule is C1=C(C2(c3ccc4c(c3)/C=C/C=C/C=C\C=C/N4)CC2)CC2=C1CC2. The molecule has 1 aliphatic heterocycles. The lowest BCUT2D eigenvalue weighted by atomic mass is 9.84. The summed E-state index contributed by atoms with van der Waals surface area (Å²) in [6, 6.07) is 6.98. The van der Waals surface area contributed by atoms with Crippen molar-refractivity contribution < 1.29 is 0 Å². The highest BCUT2D eigenvalue weighted by Crippen LogP contribution is 2.59. The summed E-state index contributed by atoms with van der Waals surface area (Å²) in [6.45, 7) is 0. The van der Waals surface area contributed by atoms with Gasteiger partial charge in [-0.05, 0) is 67.0 Å². The molecule has 3 aliphatic carbocycles. The average molecular weight is 325 g/mol. The fourth-order valence-electron chi connectivity index (χ4n) is 4.28. The maximum atomic E-state index is 3.42. The van der Waals surface area contributed by atoms with Gasteiger partial charge in [-0.15, -0.1) is 0 Å². The predicted octanol–water partition coefficient (Wildman–Crippen LogP) is 6.20. The minimum absolute atomic E-state index is 0.319. The summed E-state index contributed by atoms with van der Waals surface area (Å²) in [5.74, 6) is 0. The van der Waals surface area contributed by atoms with Gasteiger partial charge in [0.05, 0.1) is 0 Å². The second-order valence-corrected chi connectivity index (χ2v) is 7.49. The van der Waals surface area contributed by atoms with Crippen molar-refractivity contribution in [1.29, 1.82) is 0 Å². The molecule has 1 aromatic carbocycles. The van der Waals surface area contributed by atoms with E-state index in [4.69, 9.17) is 0 Å². The van der Waals surface area contributed by atoms with E-state index in [2.05, 4.69) is 53.9 Å². The molecule has 1 aromatic rings. The van der Waals surface area contributed by atoms with Gasteiger partial charge in [0.2, 0.25) is 0 Å². The number of hydrogen-bond acceptors (Lipinski definition) is 1. The Hall–Kier alpha value is -2.54. The third kappa shape index (κ3) is 2.55. The van der Waals surface area contributed by atoms with E-state index in [-0.39, 0.29) is 0 Å². The average Bonchev–Trinajstić information content (AvgIpc) is 3.36. The van der Waals surface area contributed by atoms with E-state index in [0.29, 0.717) is 5.41 Å². The topological polar surface area (TPSA) is 12.0 Å². The van der Waals surface area contributed by atoms with Crippen LogP contribution in [0.15, 0.2) is 83.7 Å². The normalized spacial score (nSPS) is 27.6. The highest BCUT2D eigenvalue weighted by Gasteiger charge is 2.49. The second kappa shape index (κ2) is 5.77. The molecule has 5 rings (SSSR count). The number of fused-ring (bicyclic) bond motifs is 1. The molecule has 1 heteroatoms. The zero-order chi connectivity index (χ0) is 16.7. The molecular formula is C24H23N. The monoisotopic (exact) mass is 325 g/mol. The molecule has 0 radical (unpaired) electrons. The van der Waals surface area contributed by atoms with Crippen molar-refractivity contribution in [1.82, 2.24) is 0 Å². The summed E-state index contributed by atoms with van der Waals surface area (Å²) in [4.78, 5) is 0. The molecule has 1 nitrogen and oxygen atoms in total. The van der Waals surface area contributed by atoms with Crippen LogP contribution in [0, 0.1) is 0 Å². The fourth-order valence-corrected chi connectivity index (χ4v) is 4.28. The van der Waals surface area contributed by atoms with Gasteiger partial charge >= 0.3 is 0 Å². The van der Waals surface area contributed by atoms with Crippen molar-refractivity contribution >= 4 is 11.8 Å². The van der Waals surface area contributed by atoms with Crippen LogP contribution >= 0.6 is 0 Å². The zero-order valence-corrected chi connectivity index (χ0v) is 14.5. The molecule has 0 saturated heterocycles. The largest absolute Gasteiger partial charge is 0.361 e. The van der Waals surface area contributed by atoms with E-state index in [9.17, 15) is 0 Å². The number of allylic oxidation sites excluding steroid dienone is 10. The van der Waals surface area contributed by atoms with E-state index in [0.717, 1.165) is 0 Å². The maximum absolute atomic E-state index is 3.42. The highest BCUT2D eigenvalue weighted by molar-refractivity contribution is 5.70. The van der Waals surface area contributed by atoms with Crippen LogP contribution < -0.4 is 5.32 Å². The second-order valence-electron chi connectivity index (χ2n) is 7.49. The summed E-state index contributed by atoms with van der Waals surface area (Å²) in [7, 11) is 0. The quantitative estimate of drug-likeness (QED) is 0.682. The first-order valence-corrected chi connectivity index (χ1v) is 9.35. The molecule has 1 saturated carbocycles. The van der Waals surface area contributed by atoms with Gasteiger partial charge in [0.25, 0.3) is 0 Å². The lowest BCUT2D eigenvalue weighted by Crippen LogP contribution is -2.10. The van der Waals surface area contributed by atoms with Crippen LogP contribution in [0.1, 0.15) is 43.2 Å². The third-order valence-electron chi connectivity index (χ3n) is 6.04. The van der Waals surface area contributed by atoms with Gasteiger partial charge in [0.1, 0.15) is 0 Å². The van der Waals surface area contributed by atoms with Crippen molar-refractivity contribution in [3.63, 3.8) is 0 Å². The molecule has 0 atom stereocenters. The Kier molecular flexibility index (Phi) is 3.41. The fraction of sp³-hybridized carbons (Fsp3) is 0.250. The zero-order valence-electron chi connectivity index (χ0n) is 14.5. The first-order valence-electron chi connectivity index (χ1n) is 9.35. The van der Waals surface area contributed by atoms with Crippen molar-refractivity contribution in [3.05, 3.63) is 94.8 Å². The molecule has 0 amide bonds. The Morgan fingerprint density at radius 2 is 1.72 bits per heavy atom. The molecule has 1 fully saturated rings. The number of nitrogens with one attached hydrogen (secondary N) is 1. The van der Waals surface area contributed by atoms with Gasteiger partial charge in [0, 0.05) is 17.3 Å². The Balaban J connectivity index is 1.50. The Labute approximate surface area is 149 Å². The minimum atomic E-state index is 0.319. The third-order valence-corrected chi connectivity index (χ3v) is 6.04. The molecule has 1 N–H and O–H groups in total. The molecular weight excluding hydrogens is 302 g/mol. The van der Waals surface area contributed by atoms with Crippen LogP contribution in [0.4, 0.5) is 5.69 Å². The van der Waals surface area contributed by atoms with Crippen molar-refractivity contribution in [2.45, 2.75) is 37.5 Å². The van der Waals surface area contributed by atoms with E-state index >= 15 is 0 Å². The standard InChI is InChI=1S/C24H23N/c1-2-4-6-14-25-23-11-10-21(17-20(23)7-5-3-1)24(12-13-24)22-15-18-8-9-19(18)16-22/h1-7,10-11,14-15,17,25H,8-9,12-13,16H2/b3-1+,4-2-,7-5+,14-6-. The molecule has 4 aliphatic rings. The molecule has 0 unspecified atom stereocenters. The molecule has 0 aromatic heterocycles. The Morgan fingerprint density at radius 3 is 2.44 bits per heavy atom. The van der Waals surface area contributed by atoms with E-state index in [1.165, 1.54) is 48.9 Å². The van der Waals surface area contributed by atoms with Crippen LogP contribution in [-0.2, 0) is 5.41 Å². The Morgan fingerprint density at radius 1 is 0.880 bits per heavy atom. The number of rotatable bonds is 2. The van der Waals surface area contributed by atoms with Gasteiger partial charge < -0.3 is 5.32 Å². The molecule has 25 heavy (non-hydrogen) atoms. The van der Waals surface area contributed by atoms with Gasteiger partial charge in [-0.2, -0.15) is 0 Å². The van der Waals surface area contributed by atoms with Gasteiger partial charge in [-0.3, -0.25) is 0 Å². The highest BCUT2D eigenvalue weighted by atomic mass is 14.8. The van der Waals surface area contributed by atoms with Gasteiger partial charge in [0.15, 0.2) is 0 Å². The van der Waals surface area contributed by atoms with E-state index < -0.39 is 0 Å². The van der Waals surface area contributed by atoms with Crippen molar-refractivity contribution in [2.75, 3.05) is 5.32 Å². The smallest absolute Gasteiger partial charge is 0.0453 e. The minimum Gasteiger partial charge on any atom is -0.361 e. The summed E-state index contributed by atoms with van der Waals surface area (Å²) in [5.41, 5.74) is 9.27. The Bertz CT molecular complexity index is 898. The van der Waals surface area contributed by atoms with Crippen LogP contribution in [0.5, 0.6) is 0 Å². The first-order chi connectivity index (χ1) is 12.4. The van der Waals surface area contributed by atoms with Crippen LogP contribution in [0.3, 0.4) is 0 Å². The summed E-state index contributed by atoms with van der Waals surface area (Å²) in [6.07, 6.45) is 25.6. The summed E-state index contributed by atoms with van der Waals surface area (Å²) >= 11 is 0. The molecule has 0 bridgehead atoms. The molecule has 0 spiro atoms. The van der Waals surface area contributed by atoms with Crippen molar-refractivity contribution in [2.24, 2.45) is 0 Å². The summed E-state index contributed by atoms with van der Waals surface area (Å²) in [5, 5.41) is 3.42. The maximum Gasteiger partial charge on any atom is 0.0453 e. The lowest BCUT2D eigenvalue weighted by Gasteiger charge is -2.20. The van der Waals surface area contributed by atoms with Crippen molar-refractivity contribution in [3.8, 4) is 0 Å². The molecule has 124 valence electrons. The number of anilines is 1. The molecule has 1 heterocycles. The van der Waals surface area contributed by atoms with Gasteiger partial charge in [-0.25, -0.2) is 0 Å². The number of hydrogen-bond donors (Lipinski definition) is 1. The van der Waals surface area contributed by atoms with Crippen LogP contribution in [0.25, 0.3) is 6.08 Å². The lowest BCUT2D eigenvalue weighted by molar-refractivity contribution is 0.760. The van der Waals surface area contributed by atoms with E-state index in [1.54, 1.807) is 16.7 Å².